The standard InChI is InChI=1S/C21H26N4O3.CH2O2/c1-13(26)22-10-14-15-11-25(12-21(15)9-8-18(14)28-21)20(27)7-6-19-23-16-4-2-3-5-17(16)24-19;2-1-3/h2-5,14-15,18H,6-12H2,1H3,(H,22,26)(H,23,24);1H,(H,2,3)/t14-,15+,18+,21+;/m0./s1. The van der Waals surface area contributed by atoms with Crippen molar-refractivity contribution < 1.29 is 24.2 Å². The number of aromatic nitrogens is 2. The van der Waals surface area contributed by atoms with E-state index in [2.05, 4.69) is 15.3 Å². The Hall–Kier alpha value is -2.94. The molecule has 3 aliphatic rings. The summed E-state index contributed by atoms with van der Waals surface area (Å²) in [5.74, 6) is 1.65. The second-order valence-corrected chi connectivity index (χ2v) is 8.55. The van der Waals surface area contributed by atoms with Crippen molar-refractivity contribution in [2.24, 2.45) is 11.8 Å². The second kappa shape index (κ2) is 8.66. The van der Waals surface area contributed by atoms with E-state index in [1.807, 2.05) is 29.2 Å². The maximum atomic E-state index is 12.9. The molecule has 3 aliphatic heterocycles. The molecule has 0 saturated carbocycles. The number of carboxylic acid groups (broad SMARTS) is 1. The molecule has 0 aliphatic carbocycles. The number of ether oxygens (including phenoxy) is 1. The number of benzene rings is 1. The van der Waals surface area contributed by atoms with E-state index in [9.17, 15) is 9.59 Å². The van der Waals surface area contributed by atoms with Crippen molar-refractivity contribution in [2.45, 2.75) is 44.3 Å². The van der Waals surface area contributed by atoms with E-state index in [0.29, 0.717) is 37.8 Å². The summed E-state index contributed by atoms with van der Waals surface area (Å²) in [7, 11) is 0. The number of carbonyl (C=O) groups is 3. The van der Waals surface area contributed by atoms with Crippen LogP contribution in [-0.4, -0.2) is 69.6 Å². The summed E-state index contributed by atoms with van der Waals surface area (Å²) in [6.45, 7) is 3.36. The van der Waals surface area contributed by atoms with Crippen molar-refractivity contribution in [3.8, 4) is 0 Å². The van der Waals surface area contributed by atoms with Crippen molar-refractivity contribution in [3.05, 3.63) is 30.1 Å². The quantitative estimate of drug-likeness (QED) is 0.617. The minimum Gasteiger partial charge on any atom is -0.483 e. The Morgan fingerprint density at radius 3 is 2.94 bits per heavy atom. The van der Waals surface area contributed by atoms with Gasteiger partial charge in [0.15, 0.2) is 0 Å². The molecular weight excluding hydrogens is 400 g/mol. The molecule has 2 aromatic rings. The first-order chi connectivity index (χ1) is 15.0. The SMILES string of the molecule is CC(=O)NC[C@H]1[C@H]2CN(C(=O)CCc3nc4ccccc4[nH]3)C[C@]23CC[C@H]1O3.O=CO. The molecule has 1 spiro atoms. The van der Waals surface area contributed by atoms with Crippen LogP contribution in [-0.2, 0) is 25.5 Å². The summed E-state index contributed by atoms with van der Waals surface area (Å²) in [6.07, 6.45) is 3.33. The number of fused-ring (bicyclic) bond motifs is 2. The first-order valence-electron chi connectivity index (χ1n) is 10.7. The fraction of sp³-hybridized carbons (Fsp3) is 0.545. The van der Waals surface area contributed by atoms with Gasteiger partial charge in [-0.25, -0.2) is 4.98 Å². The van der Waals surface area contributed by atoms with E-state index in [-0.39, 0.29) is 30.0 Å². The molecule has 9 heteroatoms. The van der Waals surface area contributed by atoms with Crippen molar-refractivity contribution >= 4 is 29.3 Å². The summed E-state index contributed by atoms with van der Waals surface area (Å²) in [5, 5.41) is 9.84. The topological polar surface area (TPSA) is 125 Å². The number of H-pyrrole nitrogens is 1. The summed E-state index contributed by atoms with van der Waals surface area (Å²) < 4.78 is 6.35. The van der Waals surface area contributed by atoms with Gasteiger partial charge in [-0.05, 0) is 25.0 Å². The lowest BCUT2D eigenvalue weighted by atomic mass is 9.73. The summed E-state index contributed by atoms with van der Waals surface area (Å²) >= 11 is 0. The van der Waals surface area contributed by atoms with Gasteiger partial charge in [-0.15, -0.1) is 0 Å². The van der Waals surface area contributed by atoms with E-state index >= 15 is 0 Å². The zero-order valence-electron chi connectivity index (χ0n) is 17.5. The Morgan fingerprint density at radius 1 is 1.42 bits per heavy atom. The lowest BCUT2D eigenvalue weighted by Gasteiger charge is -2.29. The van der Waals surface area contributed by atoms with Gasteiger partial charge in [0.1, 0.15) is 5.82 Å². The van der Waals surface area contributed by atoms with Crippen LogP contribution >= 0.6 is 0 Å². The molecular formula is C22H28N4O5. The van der Waals surface area contributed by atoms with Gasteiger partial charge >= 0.3 is 0 Å². The number of para-hydroxylation sites is 2. The van der Waals surface area contributed by atoms with Crippen molar-refractivity contribution in [2.75, 3.05) is 19.6 Å². The number of rotatable bonds is 5. The van der Waals surface area contributed by atoms with Gasteiger partial charge in [0.25, 0.3) is 6.47 Å². The molecule has 31 heavy (non-hydrogen) atoms. The van der Waals surface area contributed by atoms with E-state index in [1.54, 1.807) is 6.92 Å². The number of hydrogen-bond donors (Lipinski definition) is 3. The van der Waals surface area contributed by atoms with Crippen LogP contribution in [0, 0.1) is 11.8 Å². The van der Waals surface area contributed by atoms with Crippen LogP contribution < -0.4 is 5.32 Å². The maximum absolute atomic E-state index is 12.9. The van der Waals surface area contributed by atoms with Crippen LogP contribution in [0.1, 0.15) is 32.0 Å². The number of aromatic amines is 1. The number of aryl methyl sites for hydroxylation is 1. The second-order valence-electron chi connectivity index (χ2n) is 8.55. The molecule has 4 heterocycles. The predicted octanol–water partition coefficient (Wildman–Crippen LogP) is 1.34. The van der Waals surface area contributed by atoms with Gasteiger partial charge in [0.05, 0.1) is 29.3 Å². The molecule has 2 bridgehead atoms. The van der Waals surface area contributed by atoms with Gasteiger partial charge in [0, 0.05) is 44.7 Å². The highest BCUT2D eigenvalue weighted by atomic mass is 16.5. The zero-order valence-corrected chi connectivity index (χ0v) is 17.5. The normalized spacial score (nSPS) is 28.2. The van der Waals surface area contributed by atoms with Crippen LogP contribution in [0.5, 0.6) is 0 Å². The fourth-order valence-corrected chi connectivity index (χ4v) is 5.42. The number of hydrogen-bond acceptors (Lipinski definition) is 5. The summed E-state index contributed by atoms with van der Waals surface area (Å²) in [4.78, 5) is 42.4. The highest BCUT2D eigenvalue weighted by molar-refractivity contribution is 5.78. The fourth-order valence-electron chi connectivity index (χ4n) is 5.42. The smallest absolute Gasteiger partial charge is 0.290 e. The lowest BCUT2D eigenvalue weighted by molar-refractivity contribution is -0.131. The Bertz CT molecular complexity index is 943. The third kappa shape index (κ3) is 4.14. The number of likely N-dealkylation sites (tertiary alicyclic amines) is 1. The van der Waals surface area contributed by atoms with Gasteiger partial charge in [-0.2, -0.15) is 0 Å². The van der Waals surface area contributed by atoms with Crippen LogP contribution in [0.15, 0.2) is 24.3 Å². The van der Waals surface area contributed by atoms with E-state index in [1.165, 1.54) is 0 Å². The molecule has 0 radical (unpaired) electrons. The molecule has 3 fully saturated rings. The largest absolute Gasteiger partial charge is 0.483 e. The predicted molar refractivity (Wildman–Crippen MR) is 112 cm³/mol. The van der Waals surface area contributed by atoms with Crippen molar-refractivity contribution in [1.29, 1.82) is 0 Å². The zero-order chi connectivity index (χ0) is 22.0. The van der Waals surface area contributed by atoms with Gasteiger partial charge in [-0.1, -0.05) is 12.1 Å². The molecule has 3 saturated heterocycles. The third-order valence-corrected chi connectivity index (χ3v) is 6.74. The first-order valence-corrected chi connectivity index (χ1v) is 10.7. The molecule has 5 rings (SSSR count). The Kier molecular flexibility index (Phi) is 5.95. The molecule has 0 unspecified atom stereocenters. The molecule has 1 aromatic heterocycles. The summed E-state index contributed by atoms with van der Waals surface area (Å²) in [6, 6.07) is 7.91. The Labute approximate surface area is 180 Å². The molecule has 3 N–H and O–H groups in total. The molecule has 2 amide bonds. The van der Waals surface area contributed by atoms with E-state index in [4.69, 9.17) is 14.6 Å². The Balaban J connectivity index is 0.000000730. The maximum Gasteiger partial charge on any atom is 0.290 e. The van der Waals surface area contributed by atoms with E-state index in [0.717, 1.165) is 36.2 Å². The van der Waals surface area contributed by atoms with Gasteiger partial charge < -0.3 is 25.0 Å². The minimum absolute atomic E-state index is 0.00594. The van der Waals surface area contributed by atoms with Gasteiger partial charge in [-0.3, -0.25) is 14.4 Å². The van der Waals surface area contributed by atoms with Crippen LogP contribution in [0.4, 0.5) is 0 Å². The lowest BCUT2D eigenvalue weighted by Crippen LogP contribution is -2.41. The number of nitrogens with zero attached hydrogens (tertiary/aromatic N) is 2. The number of amides is 2. The number of imidazole rings is 1. The average Bonchev–Trinajstić information content (AvgIpc) is 3.49. The molecule has 166 valence electrons. The minimum atomic E-state index is -0.250. The van der Waals surface area contributed by atoms with Crippen molar-refractivity contribution in [1.82, 2.24) is 20.2 Å². The third-order valence-electron chi connectivity index (χ3n) is 6.74. The molecule has 9 nitrogen and oxygen atoms in total. The van der Waals surface area contributed by atoms with Gasteiger partial charge in [0.2, 0.25) is 11.8 Å². The monoisotopic (exact) mass is 428 g/mol. The highest BCUT2D eigenvalue weighted by Gasteiger charge is 2.63. The van der Waals surface area contributed by atoms with Crippen molar-refractivity contribution in [3.63, 3.8) is 0 Å². The van der Waals surface area contributed by atoms with Crippen LogP contribution in [0.2, 0.25) is 0 Å². The van der Waals surface area contributed by atoms with Crippen LogP contribution in [0.3, 0.4) is 0 Å². The average molecular weight is 428 g/mol. The van der Waals surface area contributed by atoms with E-state index < -0.39 is 0 Å². The Morgan fingerprint density at radius 2 is 2.19 bits per heavy atom. The summed E-state index contributed by atoms with van der Waals surface area (Å²) in [5.41, 5.74) is 1.75. The van der Waals surface area contributed by atoms with Crippen LogP contribution in [0.25, 0.3) is 11.0 Å². The number of nitrogens with one attached hydrogen (secondary N) is 2. The number of carbonyl (C=O) groups excluding carboxylic acids is 2. The molecule has 4 atom stereocenters. The molecule has 1 aromatic carbocycles. The highest BCUT2D eigenvalue weighted by Crippen LogP contribution is 2.54. The first kappa shape index (κ1) is 21.3.